The number of amides is 2. The van der Waals surface area contributed by atoms with Crippen molar-refractivity contribution in [3.63, 3.8) is 0 Å². The largest absolute Gasteiger partial charge is 0.354 e. The van der Waals surface area contributed by atoms with E-state index in [-0.39, 0.29) is 18.4 Å². The van der Waals surface area contributed by atoms with E-state index in [1.54, 1.807) is 6.07 Å². The van der Waals surface area contributed by atoms with Crippen molar-refractivity contribution in [2.45, 2.75) is 32.1 Å². The van der Waals surface area contributed by atoms with Crippen LogP contribution in [0.5, 0.6) is 0 Å². The van der Waals surface area contributed by atoms with E-state index in [0.717, 1.165) is 17.5 Å². The lowest BCUT2D eigenvalue weighted by Crippen LogP contribution is -2.42. The molecule has 0 radical (unpaired) electrons. The topological polar surface area (TPSA) is 58.2 Å². The average Bonchev–Trinajstić information content (AvgIpc) is 2.83. The van der Waals surface area contributed by atoms with Crippen LogP contribution in [-0.2, 0) is 4.79 Å². The molecule has 32 heavy (non-hydrogen) atoms. The molecule has 3 aliphatic rings. The third-order valence-electron chi connectivity index (χ3n) is 7.16. The molecular weight excluding hydrogens is 396 g/mol. The Morgan fingerprint density at radius 2 is 1.44 bits per heavy atom. The van der Waals surface area contributed by atoms with E-state index in [4.69, 9.17) is 0 Å². The smallest absolute Gasteiger partial charge is 0.251 e. The molecule has 4 heteroatoms. The molecule has 6 rings (SSSR count). The number of nitrogens with one attached hydrogen (secondary N) is 2. The summed E-state index contributed by atoms with van der Waals surface area (Å²) in [6.07, 6.45) is 1.04. The second-order valence-corrected chi connectivity index (χ2v) is 9.07. The van der Waals surface area contributed by atoms with E-state index in [1.165, 1.54) is 22.3 Å². The number of carbonyl (C=O) groups excluding carboxylic acids is 2. The molecule has 0 aliphatic heterocycles. The number of carbonyl (C=O) groups is 2. The van der Waals surface area contributed by atoms with Gasteiger partial charge in [0.25, 0.3) is 5.91 Å². The van der Waals surface area contributed by atoms with E-state index in [0.29, 0.717) is 29.9 Å². The number of aryl methyl sites for hydroxylation is 2. The number of rotatable bonds is 5. The summed E-state index contributed by atoms with van der Waals surface area (Å²) >= 11 is 0. The lowest BCUT2D eigenvalue weighted by atomic mass is 9.59. The van der Waals surface area contributed by atoms with E-state index in [2.05, 4.69) is 59.2 Å². The van der Waals surface area contributed by atoms with Crippen LogP contribution in [0.4, 0.5) is 0 Å². The molecule has 3 aliphatic carbocycles. The highest BCUT2D eigenvalue weighted by molar-refractivity contribution is 5.96. The van der Waals surface area contributed by atoms with Gasteiger partial charge in [0.2, 0.25) is 5.91 Å². The van der Waals surface area contributed by atoms with Gasteiger partial charge in [-0.3, -0.25) is 9.59 Å². The van der Waals surface area contributed by atoms with Crippen LogP contribution in [0.25, 0.3) is 0 Å². The van der Waals surface area contributed by atoms with Crippen molar-refractivity contribution < 1.29 is 9.59 Å². The summed E-state index contributed by atoms with van der Waals surface area (Å²) in [5.74, 6) is 0.675. The molecule has 3 aromatic carbocycles. The predicted molar refractivity (Wildman–Crippen MR) is 126 cm³/mol. The van der Waals surface area contributed by atoms with Gasteiger partial charge in [0.15, 0.2) is 0 Å². The van der Waals surface area contributed by atoms with Gasteiger partial charge in [0.1, 0.15) is 0 Å². The van der Waals surface area contributed by atoms with Gasteiger partial charge < -0.3 is 10.6 Å². The normalized spacial score (nSPS) is 20.2. The first-order valence-corrected chi connectivity index (χ1v) is 11.3. The van der Waals surface area contributed by atoms with Crippen LogP contribution in [0.2, 0.25) is 0 Å². The zero-order valence-electron chi connectivity index (χ0n) is 18.5. The highest BCUT2D eigenvalue weighted by atomic mass is 16.2. The molecule has 0 saturated heterocycles. The summed E-state index contributed by atoms with van der Waals surface area (Å²) in [5.41, 5.74) is 8.44. The average molecular weight is 425 g/mol. The second-order valence-electron chi connectivity index (χ2n) is 9.07. The molecule has 3 aromatic rings. The van der Waals surface area contributed by atoms with Gasteiger partial charge in [-0.15, -0.1) is 0 Å². The fourth-order valence-corrected chi connectivity index (χ4v) is 5.41. The maximum absolute atomic E-state index is 12.5. The monoisotopic (exact) mass is 424 g/mol. The van der Waals surface area contributed by atoms with Gasteiger partial charge in [-0.2, -0.15) is 0 Å². The van der Waals surface area contributed by atoms with Crippen molar-refractivity contribution in [3.05, 3.63) is 106 Å². The summed E-state index contributed by atoms with van der Waals surface area (Å²) in [5, 5.41) is 5.82. The molecule has 0 heterocycles. The minimum atomic E-state index is -0.220. The SMILES string of the molecule is Cc1ccc(C(=O)NCC(=O)NCC2CC3c4ccccc4C2c2ccccc23)cc1C. The maximum atomic E-state index is 12.5. The van der Waals surface area contributed by atoms with Crippen molar-refractivity contribution in [1.82, 2.24) is 10.6 Å². The third-order valence-corrected chi connectivity index (χ3v) is 7.16. The fraction of sp³-hybridized carbons (Fsp3) is 0.286. The molecule has 2 bridgehead atoms. The number of benzene rings is 3. The van der Waals surface area contributed by atoms with Gasteiger partial charge in [0.05, 0.1) is 6.54 Å². The Morgan fingerprint density at radius 3 is 2.06 bits per heavy atom. The molecule has 0 fully saturated rings. The van der Waals surface area contributed by atoms with Crippen LogP contribution in [0, 0.1) is 19.8 Å². The summed E-state index contributed by atoms with van der Waals surface area (Å²) in [4.78, 5) is 24.9. The van der Waals surface area contributed by atoms with Crippen LogP contribution in [-0.4, -0.2) is 24.9 Å². The standard InChI is InChI=1S/C28H28N2O2/c1-17-11-12-19(13-18(17)2)28(32)30-16-26(31)29-15-20-14-25-21-7-3-5-9-23(21)27(20)24-10-6-4-8-22(24)25/h3-13,20,25,27H,14-16H2,1-2H3,(H,29,31)(H,30,32). The van der Waals surface area contributed by atoms with Gasteiger partial charge in [-0.1, -0.05) is 54.6 Å². The Bertz CT molecular complexity index is 1150. The summed E-state index contributed by atoms with van der Waals surface area (Å²) in [6.45, 7) is 4.59. The van der Waals surface area contributed by atoms with E-state index in [9.17, 15) is 9.59 Å². The highest BCUT2D eigenvalue weighted by Crippen LogP contribution is 2.55. The molecule has 4 nitrogen and oxygen atoms in total. The zero-order valence-corrected chi connectivity index (χ0v) is 18.5. The van der Waals surface area contributed by atoms with E-state index < -0.39 is 0 Å². The minimum absolute atomic E-state index is 0.0141. The van der Waals surface area contributed by atoms with Crippen molar-refractivity contribution in [1.29, 1.82) is 0 Å². The summed E-state index contributed by atoms with van der Waals surface area (Å²) < 4.78 is 0. The first kappa shape index (κ1) is 20.5. The molecule has 1 unspecified atom stereocenters. The molecule has 2 N–H and O–H groups in total. The van der Waals surface area contributed by atoms with Gasteiger partial charge in [0, 0.05) is 23.9 Å². The Kier molecular flexibility index (Phi) is 5.30. The van der Waals surface area contributed by atoms with Crippen LogP contribution < -0.4 is 10.6 Å². The summed E-state index contributed by atoms with van der Waals surface area (Å²) in [7, 11) is 0. The Labute approximate surface area is 189 Å². The summed E-state index contributed by atoms with van der Waals surface area (Å²) in [6, 6.07) is 23.0. The van der Waals surface area contributed by atoms with Crippen molar-refractivity contribution >= 4 is 11.8 Å². The van der Waals surface area contributed by atoms with Crippen LogP contribution in [0.15, 0.2) is 66.7 Å². The molecule has 2 amide bonds. The number of hydrogen-bond donors (Lipinski definition) is 2. The quantitative estimate of drug-likeness (QED) is 0.636. The molecule has 162 valence electrons. The van der Waals surface area contributed by atoms with Crippen molar-refractivity contribution in [3.8, 4) is 0 Å². The van der Waals surface area contributed by atoms with Crippen molar-refractivity contribution in [2.24, 2.45) is 5.92 Å². The lowest BCUT2D eigenvalue weighted by molar-refractivity contribution is -0.120. The highest BCUT2D eigenvalue weighted by Gasteiger charge is 2.42. The Balaban J connectivity index is 1.23. The van der Waals surface area contributed by atoms with E-state index >= 15 is 0 Å². The van der Waals surface area contributed by atoms with Crippen molar-refractivity contribution in [2.75, 3.05) is 13.1 Å². The first-order chi connectivity index (χ1) is 15.5. The fourth-order valence-electron chi connectivity index (χ4n) is 5.41. The first-order valence-electron chi connectivity index (χ1n) is 11.3. The minimum Gasteiger partial charge on any atom is -0.354 e. The van der Waals surface area contributed by atoms with Gasteiger partial charge >= 0.3 is 0 Å². The molecule has 1 atom stereocenters. The van der Waals surface area contributed by atoms with E-state index in [1.807, 2.05) is 26.0 Å². The maximum Gasteiger partial charge on any atom is 0.251 e. The number of hydrogen-bond acceptors (Lipinski definition) is 2. The molecule has 0 aromatic heterocycles. The Morgan fingerprint density at radius 1 is 0.812 bits per heavy atom. The molecule has 0 spiro atoms. The van der Waals surface area contributed by atoms with Crippen LogP contribution in [0.1, 0.15) is 62.0 Å². The van der Waals surface area contributed by atoms with Gasteiger partial charge in [-0.05, 0) is 71.7 Å². The molecule has 0 saturated carbocycles. The Hall–Kier alpha value is -3.40. The van der Waals surface area contributed by atoms with Crippen LogP contribution in [0.3, 0.4) is 0 Å². The third kappa shape index (κ3) is 3.60. The zero-order chi connectivity index (χ0) is 22.2. The molecular formula is C28H28N2O2. The number of fused-ring (bicyclic) bond motifs is 1. The lowest BCUT2D eigenvalue weighted by Gasteiger charge is -2.45. The van der Waals surface area contributed by atoms with Crippen LogP contribution >= 0.6 is 0 Å². The predicted octanol–water partition coefficient (Wildman–Crippen LogP) is 4.45. The van der Waals surface area contributed by atoms with Gasteiger partial charge in [-0.25, -0.2) is 0 Å². The second kappa shape index (κ2) is 8.27.